The number of nitrogens with one attached hydrogen (secondary N) is 1. The maximum atomic E-state index is 3.45. The number of rotatable bonds is 6. The van der Waals surface area contributed by atoms with Gasteiger partial charge in [-0.1, -0.05) is 20.3 Å². The first kappa shape index (κ1) is 11.0. The molecule has 1 rings (SSSR count). The van der Waals surface area contributed by atoms with Crippen molar-refractivity contribution in [2.45, 2.75) is 45.6 Å². The van der Waals surface area contributed by atoms with Crippen molar-refractivity contribution in [1.82, 2.24) is 10.2 Å². The van der Waals surface area contributed by atoms with Crippen LogP contribution in [0.2, 0.25) is 0 Å². The van der Waals surface area contributed by atoms with E-state index >= 15 is 0 Å². The van der Waals surface area contributed by atoms with Gasteiger partial charge in [-0.15, -0.1) is 0 Å². The Morgan fingerprint density at radius 2 is 2.23 bits per heavy atom. The van der Waals surface area contributed by atoms with Crippen LogP contribution in [0.15, 0.2) is 0 Å². The number of likely N-dealkylation sites (tertiary alicyclic amines) is 1. The van der Waals surface area contributed by atoms with Crippen molar-refractivity contribution in [2.75, 3.05) is 26.2 Å². The lowest BCUT2D eigenvalue weighted by Crippen LogP contribution is -2.38. The van der Waals surface area contributed by atoms with E-state index in [1.165, 1.54) is 45.3 Å². The third-order valence-corrected chi connectivity index (χ3v) is 2.93. The summed E-state index contributed by atoms with van der Waals surface area (Å²) in [5, 5.41) is 3.45. The Hall–Kier alpha value is -0.0800. The van der Waals surface area contributed by atoms with Crippen molar-refractivity contribution in [1.29, 1.82) is 0 Å². The normalized spacial score (nSPS) is 24.0. The predicted octanol–water partition coefficient (Wildman–Crippen LogP) is 1.86. The molecule has 0 aromatic carbocycles. The van der Waals surface area contributed by atoms with Gasteiger partial charge in [-0.25, -0.2) is 0 Å². The molecule has 2 heteroatoms. The Morgan fingerprint density at radius 3 is 2.92 bits per heavy atom. The molecule has 1 unspecified atom stereocenters. The third kappa shape index (κ3) is 3.65. The molecule has 13 heavy (non-hydrogen) atoms. The van der Waals surface area contributed by atoms with E-state index in [0.29, 0.717) is 0 Å². The van der Waals surface area contributed by atoms with Crippen molar-refractivity contribution in [3.05, 3.63) is 0 Å². The lowest BCUT2D eigenvalue weighted by Gasteiger charge is -2.24. The molecule has 2 nitrogen and oxygen atoms in total. The van der Waals surface area contributed by atoms with Crippen LogP contribution in [0.1, 0.15) is 39.5 Å². The highest BCUT2D eigenvalue weighted by Gasteiger charge is 2.22. The molecule has 0 bridgehead atoms. The zero-order chi connectivity index (χ0) is 9.52. The standard InChI is InChI=1S/C11H24N2/c1-3-5-8-13-9-6-7-11(13)10-12-4-2/h11-12H,3-10H2,1-2H3. The molecule has 78 valence electrons. The summed E-state index contributed by atoms with van der Waals surface area (Å²) in [4.78, 5) is 2.66. The SMILES string of the molecule is CCCCN1CCCC1CNCC. The summed E-state index contributed by atoms with van der Waals surface area (Å²) in [5.41, 5.74) is 0. The first-order chi connectivity index (χ1) is 6.38. The van der Waals surface area contributed by atoms with Crippen molar-refractivity contribution in [3.63, 3.8) is 0 Å². The van der Waals surface area contributed by atoms with Gasteiger partial charge in [-0.05, 0) is 38.9 Å². The van der Waals surface area contributed by atoms with E-state index in [1.807, 2.05) is 0 Å². The average Bonchev–Trinajstić information content (AvgIpc) is 2.59. The van der Waals surface area contributed by atoms with Crippen LogP contribution in [0.4, 0.5) is 0 Å². The molecule has 0 saturated carbocycles. The Morgan fingerprint density at radius 1 is 1.38 bits per heavy atom. The summed E-state index contributed by atoms with van der Waals surface area (Å²) in [6.45, 7) is 9.40. The van der Waals surface area contributed by atoms with Gasteiger partial charge in [0.15, 0.2) is 0 Å². The molecule has 0 aromatic rings. The molecular formula is C11H24N2. The number of hydrogen-bond donors (Lipinski definition) is 1. The first-order valence-corrected chi connectivity index (χ1v) is 5.83. The van der Waals surface area contributed by atoms with E-state index < -0.39 is 0 Å². The molecule has 1 N–H and O–H groups in total. The zero-order valence-corrected chi connectivity index (χ0v) is 9.18. The van der Waals surface area contributed by atoms with Gasteiger partial charge >= 0.3 is 0 Å². The van der Waals surface area contributed by atoms with Crippen LogP contribution in [0.3, 0.4) is 0 Å². The monoisotopic (exact) mass is 184 g/mol. The molecular weight excluding hydrogens is 160 g/mol. The van der Waals surface area contributed by atoms with E-state index in [-0.39, 0.29) is 0 Å². The highest BCUT2D eigenvalue weighted by molar-refractivity contribution is 4.80. The second kappa shape index (κ2) is 6.39. The van der Waals surface area contributed by atoms with Crippen LogP contribution in [0, 0.1) is 0 Å². The number of nitrogens with zero attached hydrogens (tertiary/aromatic N) is 1. The van der Waals surface area contributed by atoms with Crippen molar-refractivity contribution in [2.24, 2.45) is 0 Å². The second-order valence-electron chi connectivity index (χ2n) is 3.99. The molecule has 0 amide bonds. The molecule has 1 aliphatic heterocycles. The van der Waals surface area contributed by atoms with Gasteiger partial charge in [0.2, 0.25) is 0 Å². The van der Waals surface area contributed by atoms with Crippen LogP contribution in [0.25, 0.3) is 0 Å². The summed E-state index contributed by atoms with van der Waals surface area (Å²) in [6.07, 6.45) is 5.49. The van der Waals surface area contributed by atoms with Gasteiger partial charge in [0.05, 0.1) is 0 Å². The maximum Gasteiger partial charge on any atom is 0.0221 e. The minimum atomic E-state index is 0.825. The summed E-state index contributed by atoms with van der Waals surface area (Å²) in [6, 6.07) is 0.825. The topological polar surface area (TPSA) is 15.3 Å². The lowest BCUT2D eigenvalue weighted by molar-refractivity contribution is 0.245. The molecule has 1 atom stereocenters. The van der Waals surface area contributed by atoms with E-state index in [0.717, 1.165) is 12.6 Å². The predicted molar refractivity (Wildman–Crippen MR) is 58.0 cm³/mol. The highest BCUT2D eigenvalue weighted by atomic mass is 15.2. The summed E-state index contributed by atoms with van der Waals surface area (Å²) in [5.74, 6) is 0. The molecule has 0 aromatic heterocycles. The van der Waals surface area contributed by atoms with Gasteiger partial charge in [-0.3, -0.25) is 4.90 Å². The summed E-state index contributed by atoms with van der Waals surface area (Å²) >= 11 is 0. The fraction of sp³-hybridized carbons (Fsp3) is 1.00. The van der Waals surface area contributed by atoms with Gasteiger partial charge in [0.25, 0.3) is 0 Å². The number of hydrogen-bond acceptors (Lipinski definition) is 2. The first-order valence-electron chi connectivity index (χ1n) is 5.83. The van der Waals surface area contributed by atoms with E-state index in [1.54, 1.807) is 0 Å². The van der Waals surface area contributed by atoms with Crippen molar-refractivity contribution >= 4 is 0 Å². The van der Waals surface area contributed by atoms with Gasteiger partial charge in [0, 0.05) is 12.6 Å². The van der Waals surface area contributed by atoms with E-state index in [9.17, 15) is 0 Å². The average molecular weight is 184 g/mol. The van der Waals surface area contributed by atoms with Crippen LogP contribution < -0.4 is 5.32 Å². The number of unbranched alkanes of at least 4 members (excludes halogenated alkanes) is 1. The molecule has 1 aliphatic rings. The fourth-order valence-corrected chi connectivity index (χ4v) is 2.09. The lowest BCUT2D eigenvalue weighted by atomic mass is 10.2. The van der Waals surface area contributed by atoms with Crippen LogP contribution in [-0.2, 0) is 0 Å². The zero-order valence-electron chi connectivity index (χ0n) is 9.18. The smallest absolute Gasteiger partial charge is 0.0221 e. The Bertz CT molecular complexity index is 111. The second-order valence-corrected chi connectivity index (χ2v) is 3.99. The van der Waals surface area contributed by atoms with Gasteiger partial charge in [-0.2, -0.15) is 0 Å². The molecule has 0 spiro atoms. The minimum Gasteiger partial charge on any atom is -0.315 e. The fourth-order valence-electron chi connectivity index (χ4n) is 2.09. The molecule has 0 aliphatic carbocycles. The van der Waals surface area contributed by atoms with Gasteiger partial charge < -0.3 is 5.32 Å². The Labute approximate surface area is 82.7 Å². The highest BCUT2D eigenvalue weighted by Crippen LogP contribution is 2.16. The largest absolute Gasteiger partial charge is 0.315 e. The van der Waals surface area contributed by atoms with Crippen molar-refractivity contribution in [3.8, 4) is 0 Å². The maximum absolute atomic E-state index is 3.45. The summed E-state index contributed by atoms with van der Waals surface area (Å²) in [7, 11) is 0. The van der Waals surface area contributed by atoms with Crippen molar-refractivity contribution < 1.29 is 0 Å². The minimum absolute atomic E-state index is 0.825. The molecule has 1 saturated heterocycles. The van der Waals surface area contributed by atoms with Gasteiger partial charge in [0.1, 0.15) is 0 Å². The van der Waals surface area contributed by atoms with Crippen LogP contribution in [0.5, 0.6) is 0 Å². The van der Waals surface area contributed by atoms with E-state index in [4.69, 9.17) is 0 Å². The number of likely N-dealkylation sites (N-methyl/N-ethyl adjacent to an activating group) is 1. The summed E-state index contributed by atoms with van der Waals surface area (Å²) < 4.78 is 0. The van der Waals surface area contributed by atoms with E-state index in [2.05, 4.69) is 24.1 Å². The Kier molecular flexibility index (Phi) is 5.40. The third-order valence-electron chi connectivity index (χ3n) is 2.93. The molecule has 1 heterocycles. The molecule has 0 radical (unpaired) electrons. The Balaban J connectivity index is 2.18. The molecule has 1 fully saturated rings. The van der Waals surface area contributed by atoms with Crippen LogP contribution >= 0.6 is 0 Å². The van der Waals surface area contributed by atoms with Crippen LogP contribution in [-0.4, -0.2) is 37.1 Å². The quantitative estimate of drug-likeness (QED) is 0.678.